The number of rotatable bonds is 6. The van der Waals surface area contributed by atoms with Gasteiger partial charge in [-0.05, 0) is 18.2 Å². The summed E-state index contributed by atoms with van der Waals surface area (Å²) in [5.74, 6) is -0.765. The SMILES string of the molecule is O=C(CCS(=O)CCO)Nc1ccc(Cl)cc1F. The number of aliphatic hydroxyl groups excluding tert-OH is 1. The molecule has 1 unspecified atom stereocenters. The van der Waals surface area contributed by atoms with Crippen LogP contribution in [0.4, 0.5) is 10.1 Å². The molecule has 0 spiro atoms. The van der Waals surface area contributed by atoms with E-state index >= 15 is 0 Å². The molecule has 7 heteroatoms. The Morgan fingerprint density at radius 3 is 2.78 bits per heavy atom. The van der Waals surface area contributed by atoms with Crippen LogP contribution in [0.2, 0.25) is 5.02 Å². The van der Waals surface area contributed by atoms with Gasteiger partial charge in [-0.25, -0.2) is 4.39 Å². The van der Waals surface area contributed by atoms with E-state index in [0.717, 1.165) is 6.07 Å². The number of hydrogen-bond donors (Lipinski definition) is 2. The number of amides is 1. The normalized spacial score (nSPS) is 12.2. The first-order valence-corrected chi connectivity index (χ1v) is 7.10. The summed E-state index contributed by atoms with van der Waals surface area (Å²) in [5, 5.41) is 11.2. The van der Waals surface area contributed by atoms with Gasteiger partial charge in [-0.15, -0.1) is 0 Å². The van der Waals surface area contributed by atoms with Crippen LogP contribution in [0.3, 0.4) is 0 Å². The lowest BCUT2D eigenvalue weighted by atomic mass is 10.3. The first-order chi connectivity index (χ1) is 8.52. The van der Waals surface area contributed by atoms with Crippen molar-refractivity contribution in [3.63, 3.8) is 0 Å². The van der Waals surface area contributed by atoms with E-state index in [4.69, 9.17) is 16.7 Å². The van der Waals surface area contributed by atoms with Gasteiger partial charge in [-0.3, -0.25) is 9.00 Å². The summed E-state index contributed by atoms with van der Waals surface area (Å²) in [7, 11) is -1.23. The Balaban J connectivity index is 2.47. The third-order valence-electron chi connectivity index (χ3n) is 2.08. The Kier molecular flexibility index (Phi) is 6.24. The van der Waals surface area contributed by atoms with E-state index in [9.17, 15) is 13.4 Å². The third kappa shape index (κ3) is 5.12. The molecule has 1 atom stereocenters. The van der Waals surface area contributed by atoms with Crippen LogP contribution in [0.1, 0.15) is 6.42 Å². The Bertz CT molecular complexity index is 456. The second kappa shape index (κ2) is 7.45. The minimum Gasteiger partial charge on any atom is -0.395 e. The van der Waals surface area contributed by atoms with Crippen LogP contribution < -0.4 is 5.32 Å². The molecule has 0 fully saturated rings. The van der Waals surface area contributed by atoms with Gasteiger partial charge in [0, 0.05) is 33.7 Å². The summed E-state index contributed by atoms with van der Waals surface area (Å²) < 4.78 is 24.5. The van der Waals surface area contributed by atoms with Crippen molar-refractivity contribution in [3.05, 3.63) is 29.0 Å². The van der Waals surface area contributed by atoms with Gasteiger partial charge in [0.25, 0.3) is 0 Å². The van der Waals surface area contributed by atoms with Crippen molar-refractivity contribution in [1.82, 2.24) is 0 Å². The maximum atomic E-state index is 13.3. The van der Waals surface area contributed by atoms with Gasteiger partial charge in [0.05, 0.1) is 12.3 Å². The van der Waals surface area contributed by atoms with Crippen molar-refractivity contribution >= 4 is 34.0 Å². The summed E-state index contributed by atoms with van der Waals surface area (Å²) in [6.07, 6.45) is 0.00861. The zero-order chi connectivity index (χ0) is 13.5. The lowest BCUT2D eigenvalue weighted by Crippen LogP contribution is -2.17. The highest BCUT2D eigenvalue weighted by Crippen LogP contribution is 2.18. The van der Waals surface area contributed by atoms with Crippen LogP contribution in [0.5, 0.6) is 0 Å². The van der Waals surface area contributed by atoms with Crippen molar-refractivity contribution in [3.8, 4) is 0 Å². The highest BCUT2D eigenvalue weighted by molar-refractivity contribution is 7.85. The molecule has 0 aliphatic rings. The molecule has 0 aromatic heterocycles. The Labute approximate surface area is 112 Å². The van der Waals surface area contributed by atoms with Gasteiger partial charge >= 0.3 is 0 Å². The maximum absolute atomic E-state index is 13.3. The van der Waals surface area contributed by atoms with Gasteiger partial charge in [0.2, 0.25) is 5.91 Å². The van der Waals surface area contributed by atoms with E-state index in [1.165, 1.54) is 12.1 Å². The van der Waals surface area contributed by atoms with E-state index in [-0.39, 0.29) is 35.2 Å². The Hall–Kier alpha value is -0.980. The van der Waals surface area contributed by atoms with E-state index < -0.39 is 22.5 Å². The number of halogens is 2. The molecular formula is C11H13ClFNO3S. The molecule has 2 N–H and O–H groups in total. The molecule has 1 aromatic carbocycles. The zero-order valence-corrected chi connectivity index (χ0v) is 11.1. The molecule has 0 saturated heterocycles. The van der Waals surface area contributed by atoms with E-state index in [0.29, 0.717) is 0 Å². The first kappa shape index (κ1) is 15.1. The molecular weight excluding hydrogens is 281 g/mol. The first-order valence-electron chi connectivity index (χ1n) is 5.23. The monoisotopic (exact) mass is 293 g/mol. The third-order valence-corrected chi connectivity index (χ3v) is 3.61. The fourth-order valence-electron chi connectivity index (χ4n) is 1.21. The molecule has 0 saturated carbocycles. The number of carbonyl (C=O) groups excluding carboxylic acids is 1. The number of nitrogens with one attached hydrogen (secondary N) is 1. The minimum atomic E-state index is -1.23. The number of benzene rings is 1. The average Bonchev–Trinajstić information content (AvgIpc) is 2.31. The second-order valence-corrected chi connectivity index (χ2v) is 5.63. The van der Waals surface area contributed by atoms with Crippen molar-refractivity contribution in [2.45, 2.75) is 6.42 Å². The predicted octanol–water partition coefficient (Wildman–Crippen LogP) is 1.55. The fourth-order valence-corrected chi connectivity index (χ4v) is 2.19. The van der Waals surface area contributed by atoms with E-state index in [1.807, 2.05) is 0 Å². The molecule has 1 amide bonds. The van der Waals surface area contributed by atoms with Gasteiger partial charge in [-0.2, -0.15) is 0 Å². The van der Waals surface area contributed by atoms with Crippen molar-refractivity contribution in [1.29, 1.82) is 0 Å². The fraction of sp³-hybridized carbons (Fsp3) is 0.364. The van der Waals surface area contributed by atoms with Crippen LogP contribution in [0, 0.1) is 5.82 Å². The molecule has 4 nitrogen and oxygen atoms in total. The molecule has 1 rings (SSSR count). The maximum Gasteiger partial charge on any atom is 0.225 e. The molecule has 1 aromatic rings. The Morgan fingerprint density at radius 1 is 1.44 bits per heavy atom. The molecule has 18 heavy (non-hydrogen) atoms. The summed E-state index contributed by atoms with van der Waals surface area (Å²) in [6, 6.07) is 3.92. The highest BCUT2D eigenvalue weighted by Gasteiger charge is 2.09. The summed E-state index contributed by atoms with van der Waals surface area (Å²) >= 11 is 5.57. The van der Waals surface area contributed by atoms with Gasteiger partial charge in [0.15, 0.2) is 0 Å². The molecule has 0 aliphatic heterocycles. The quantitative estimate of drug-likeness (QED) is 0.836. The van der Waals surface area contributed by atoms with Crippen LogP contribution in [0.15, 0.2) is 18.2 Å². The highest BCUT2D eigenvalue weighted by atomic mass is 35.5. The molecule has 0 aliphatic carbocycles. The lowest BCUT2D eigenvalue weighted by Gasteiger charge is -2.06. The van der Waals surface area contributed by atoms with E-state index in [1.54, 1.807) is 0 Å². The predicted molar refractivity (Wildman–Crippen MR) is 69.6 cm³/mol. The number of aliphatic hydroxyl groups is 1. The topological polar surface area (TPSA) is 66.4 Å². The standard InChI is InChI=1S/C11H13ClFNO3S/c12-8-1-2-10(9(13)7-8)14-11(16)3-5-18(17)6-4-15/h1-2,7,15H,3-6H2,(H,14,16). The van der Waals surface area contributed by atoms with Gasteiger partial charge in [-0.1, -0.05) is 11.6 Å². The Morgan fingerprint density at radius 2 is 2.17 bits per heavy atom. The second-order valence-electron chi connectivity index (χ2n) is 3.49. The summed E-state index contributed by atoms with van der Waals surface area (Å²) in [6.45, 7) is -0.181. The van der Waals surface area contributed by atoms with Crippen LogP contribution in [-0.4, -0.2) is 33.3 Å². The van der Waals surface area contributed by atoms with Crippen LogP contribution in [-0.2, 0) is 15.6 Å². The van der Waals surface area contributed by atoms with Crippen molar-refractivity contribution in [2.24, 2.45) is 0 Å². The van der Waals surface area contributed by atoms with Gasteiger partial charge in [0.1, 0.15) is 5.82 Å². The number of anilines is 1. The largest absolute Gasteiger partial charge is 0.395 e. The average molecular weight is 294 g/mol. The lowest BCUT2D eigenvalue weighted by molar-refractivity contribution is -0.115. The molecule has 0 bridgehead atoms. The minimum absolute atomic E-state index is 0.00861. The van der Waals surface area contributed by atoms with Crippen LogP contribution >= 0.6 is 11.6 Å². The molecule has 100 valence electrons. The van der Waals surface area contributed by atoms with Gasteiger partial charge < -0.3 is 10.4 Å². The van der Waals surface area contributed by atoms with Crippen LogP contribution in [0.25, 0.3) is 0 Å². The summed E-state index contributed by atoms with van der Waals surface area (Å²) in [5.41, 5.74) is 0.0392. The molecule has 0 radical (unpaired) electrons. The van der Waals surface area contributed by atoms with E-state index in [2.05, 4.69) is 5.32 Å². The smallest absolute Gasteiger partial charge is 0.225 e. The van der Waals surface area contributed by atoms with Crippen molar-refractivity contribution < 1.29 is 18.5 Å². The summed E-state index contributed by atoms with van der Waals surface area (Å²) in [4.78, 5) is 11.5. The zero-order valence-electron chi connectivity index (χ0n) is 9.49. The number of hydrogen-bond acceptors (Lipinski definition) is 3. The molecule has 0 heterocycles. The number of carbonyl (C=O) groups is 1. The van der Waals surface area contributed by atoms with Crippen molar-refractivity contribution in [2.75, 3.05) is 23.4 Å².